The Morgan fingerprint density at radius 1 is 1.53 bits per heavy atom. The van der Waals surface area contributed by atoms with Gasteiger partial charge in [0.25, 0.3) is 10.2 Å². The van der Waals surface area contributed by atoms with Gasteiger partial charge in [-0.25, -0.2) is 0 Å². The molecule has 1 fully saturated rings. The number of ether oxygens (including phenoxy) is 1. The molecule has 1 aliphatic rings. The van der Waals surface area contributed by atoms with Gasteiger partial charge in [0, 0.05) is 32.8 Å². The summed E-state index contributed by atoms with van der Waals surface area (Å²) in [6.07, 6.45) is 2.17. The van der Waals surface area contributed by atoms with Crippen LogP contribution in [0.2, 0.25) is 0 Å². The summed E-state index contributed by atoms with van der Waals surface area (Å²) in [6, 6.07) is 0.286. The van der Waals surface area contributed by atoms with Gasteiger partial charge in [-0.1, -0.05) is 6.92 Å². The zero-order chi connectivity index (χ0) is 12.7. The molecule has 1 aliphatic heterocycles. The number of nitrogens with one attached hydrogen (secondary N) is 2. The molecule has 2 N–H and O–H groups in total. The molecule has 6 nitrogen and oxygen atoms in total. The van der Waals surface area contributed by atoms with Crippen LogP contribution in [0.4, 0.5) is 0 Å². The molecule has 0 aliphatic carbocycles. The molecule has 1 rings (SSSR count). The first kappa shape index (κ1) is 14.8. The summed E-state index contributed by atoms with van der Waals surface area (Å²) >= 11 is 0. The molecule has 1 unspecified atom stereocenters. The molecule has 0 aromatic carbocycles. The Hall–Kier alpha value is -0.210. The van der Waals surface area contributed by atoms with E-state index in [2.05, 4.69) is 10.0 Å². The summed E-state index contributed by atoms with van der Waals surface area (Å²) in [7, 11) is -1.82. The largest absolute Gasteiger partial charge is 0.383 e. The fourth-order valence-corrected chi connectivity index (χ4v) is 3.16. The van der Waals surface area contributed by atoms with Crippen LogP contribution in [-0.4, -0.2) is 58.7 Å². The lowest BCUT2D eigenvalue weighted by Gasteiger charge is -2.23. The van der Waals surface area contributed by atoms with Crippen molar-refractivity contribution in [3.8, 4) is 0 Å². The molecular weight excluding hydrogens is 242 g/mol. The van der Waals surface area contributed by atoms with E-state index in [1.807, 2.05) is 6.92 Å². The minimum absolute atomic E-state index is 0.286. The van der Waals surface area contributed by atoms with Crippen molar-refractivity contribution in [1.82, 2.24) is 14.3 Å². The van der Waals surface area contributed by atoms with Crippen LogP contribution in [0.3, 0.4) is 0 Å². The monoisotopic (exact) mass is 265 g/mol. The molecule has 0 bridgehead atoms. The normalized spacial score (nSPS) is 21.2. The van der Waals surface area contributed by atoms with E-state index >= 15 is 0 Å². The van der Waals surface area contributed by atoms with E-state index in [9.17, 15) is 8.42 Å². The summed E-state index contributed by atoms with van der Waals surface area (Å²) in [5.74, 6) is 0. The summed E-state index contributed by atoms with van der Waals surface area (Å²) in [5.41, 5.74) is 0. The standard InChI is InChI=1S/C10H23N3O3S/c1-3-13(9-10-5-4-6-11-10)17(14,15)12-7-8-16-2/h10-12H,3-9H2,1-2H3. The average Bonchev–Trinajstić information content (AvgIpc) is 2.78. The predicted molar refractivity (Wildman–Crippen MR) is 67.1 cm³/mol. The maximum absolute atomic E-state index is 12.0. The Bertz CT molecular complexity index is 302. The van der Waals surface area contributed by atoms with Crippen LogP contribution in [-0.2, 0) is 14.9 Å². The topological polar surface area (TPSA) is 70.7 Å². The highest BCUT2D eigenvalue weighted by atomic mass is 32.2. The van der Waals surface area contributed by atoms with Crippen molar-refractivity contribution in [1.29, 1.82) is 0 Å². The molecule has 17 heavy (non-hydrogen) atoms. The molecule has 0 radical (unpaired) electrons. The Morgan fingerprint density at radius 2 is 2.29 bits per heavy atom. The number of hydrogen-bond donors (Lipinski definition) is 2. The first-order valence-corrected chi connectivity index (χ1v) is 7.51. The highest BCUT2D eigenvalue weighted by molar-refractivity contribution is 7.87. The molecule has 0 spiro atoms. The molecule has 0 amide bonds. The van der Waals surface area contributed by atoms with Crippen molar-refractivity contribution in [2.75, 3.05) is 39.9 Å². The SMILES string of the molecule is CCN(CC1CCCN1)S(=O)(=O)NCCOC. The molecule has 1 heterocycles. The minimum Gasteiger partial charge on any atom is -0.383 e. The second-order valence-electron chi connectivity index (χ2n) is 4.14. The van der Waals surface area contributed by atoms with Gasteiger partial charge in [-0.15, -0.1) is 0 Å². The Kier molecular flexibility index (Phi) is 6.35. The molecule has 1 atom stereocenters. The minimum atomic E-state index is -3.37. The number of methoxy groups -OCH3 is 1. The first-order valence-electron chi connectivity index (χ1n) is 6.07. The lowest BCUT2D eigenvalue weighted by atomic mass is 10.2. The van der Waals surface area contributed by atoms with Crippen molar-refractivity contribution >= 4 is 10.2 Å². The van der Waals surface area contributed by atoms with E-state index in [1.54, 1.807) is 7.11 Å². The van der Waals surface area contributed by atoms with Crippen LogP contribution in [0.5, 0.6) is 0 Å². The highest BCUT2D eigenvalue weighted by Crippen LogP contribution is 2.08. The molecule has 0 aromatic heterocycles. The summed E-state index contributed by atoms with van der Waals surface area (Å²) in [6.45, 7) is 4.56. The van der Waals surface area contributed by atoms with Gasteiger partial charge in [0.1, 0.15) is 0 Å². The average molecular weight is 265 g/mol. The van der Waals surface area contributed by atoms with E-state index in [4.69, 9.17) is 4.74 Å². The Morgan fingerprint density at radius 3 is 2.82 bits per heavy atom. The fraction of sp³-hybridized carbons (Fsp3) is 1.00. The summed E-state index contributed by atoms with van der Waals surface area (Å²) in [5, 5.41) is 3.30. The van der Waals surface area contributed by atoms with Gasteiger partial charge in [-0.05, 0) is 19.4 Å². The number of nitrogens with zero attached hydrogens (tertiary/aromatic N) is 1. The van der Waals surface area contributed by atoms with Gasteiger partial charge in [0.2, 0.25) is 0 Å². The van der Waals surface area contributed by atoms with Gasteiger partial charge in [-0.3, -0.25) is 0 Å². The number of likely N-dealkylation sites (N-methyl/N-ethyl adjacent to an activating group) is 1. The quantitative estimate of drug-likeness (QED) is 0.583. The molecule has 7 heteroatoms. The molecular formula is C10H23N3O3S. The maximum atomic E-state index is 12.0. The third kappa shape index (κ3) is 4.89. The van der Waals surface area contributed by atoms with Gasteiger partial charge in [0.15, 0.2) is 0 Å². The van der Waals surface area contributed by atoms with Gasteiger partial charge in [0.05, 0.1) is 6.61 Å². The highest BCUT2D eigenvalue weighted by Gasteiger charge is 2.24. The van der Waals surface area contributed by atoms with Crippen LogP contribution in [0.25, 0.3) is 0 Å². The predicted octanol–water partition coefficient (Wildman–Crippen LogP) is -0.459. The first-order chi connectivity index (χ1) is 8.10. The zero-order valence-electron chi connectivity index (χ0n) is 10.6. The third-order valence-electron chi connectivity index (χ3n) is 2.87. The zero-order valence-corrected chi connectivity index (χ0v) is 11.4. The van der Waals surface area contributed by atoms with Crippen LogP contribution in [0.1, 0.15) is 19.8 Å². The van der Waals surface area contributed by atoms with Crippen LogP contribution in [0.15, 0.2) is 0 Å². The van der Waals surface area contributed by atoms with Crippen LogP contribution in [0, 0.1) is 0 Å². The van der Waals surface area contributed by atoms with Crippen molar-refractivity contribution in [3.05, 3.63) is 0 Å². The molecule has 1 saturated heterocycles. The lowest BCUT2D eigenvalue weighted by molar-refractivity contribution is 0.203. The van der Waals surface area contributed by atoms with E-state index in [1.165, 1.54) is 4.31 Å². The maximum Gasteiger partial charge on any atom is 0.279 e. The van der Waals surface area contributed by atoms with Crippen molar-refractivity contribution in [2.45, 2.75) is 25.8 Å². The van der Waals surface area contributed by atoms with Crippen LogP contribution >= 0.6 is 0 Å². The van der Waals surface area contributed by atoms with Gasteiger partial charge >= 0.3 is 0 Å². The smallest absolute Gasteiger partial charge is 0.279 e. The second-order valence-corrected chi connectivity index (χ2v) is 5.89. The molecule has 0 saturated carbocycles. The molecule has 102 valence electrons. The summed E-state index contributed by atoms with van der Waals surface area (Å²) < 4.78 is 32.7. The fourth-order valence-electron chi connectivity index (χ4n) is 1.92. The van der Waals surface area contributed by atoms with Crippen molar-refractivity contribution < 1.29 is 13.2 Å². The van der Waals surface area contributed by atoms with Gasteiger partial charge in [-0.2, -0.15) is 17.4 Å². The third-order valence-corrected chi connectivity index (χ3v) is 4.53. The van der Waals surface area contributed by atoms with Gasteiger partial charge < -0.3 is 10.1 Å². The number of hydrogen-bond acceptors (Lipinski definition) is 4. The molecule has 0 aromatic rings. The van der Waals surface area contributed by atoms with E-state index in [-0.39, 0.29) is 6.04 Å². The van der Waals surface area contributed by atoms with E-state index in [0.29, 0.717) is 26.2 Å². The summed E-state index contributed by atoms with van der Waals surface area (Å²) in [4.78, 5) is 0. The van der Waals surface area contributed by atoms with E-state index in [0.717, 1.165) is 19.4 Å². The Labute approximate surface area is 104 Å². The lowest BCUT2D eigenvalue weighted by Crippen LogP contribution is -2.46. The van der Waals surface area contributed by atoms with E-state index < -0.39 is 10.2 Å². The number of rotatable bonds is 8. The van der Waals surface area contributed by atoms with Crippen molar-refractivity contribution in [3.63, 3.8) is 0 Å². The van der Waals surface area contributed by atoms with Crippen molar-refractivity contribution in [2.24, 2.45) is 0 Å². The second kappa shape index (κ2) is 7.27. The van der Waals surface area contributed by atoms with Crippen LogP contribution < -0.4 is 10.0 Å². The Balaban J connectivity index is 2.46.